The van der Waals surface area contributed by atoms with Gasteiger partial charge in [-0.1, -0.05) is 0 Å². The Morgan fingerprint density at radius 2 is 2.20 bits per heavy atom. The fourth-order valence-corrected chi connectivity index (χ4v) is 4.82. The van der Waals surface area contributed by atoms with Crippen LogP contribution in [-0.2, 0) is 9.84 Å². The van der Waals surface area contributed by atoms with Crippen LogP contribution in [0, 0.1) is 0 Å². The Labute approximate surface area is 121 Å². The third-order valence-electron chi connectivity index (χ3n) is 3.01. The number of sulfone groups is 1. The molecule has 1 aromatic rings. The molecular weight excluding hydrogens is 300 g/mol. The molecule has 9 heteroatoms. The molecule has 1 atom stereocenters. The minimum atomic E-state index is -3.28. The predicted molar refractivity (Wildman–Crippen MR) is 80.5 cm³/mol. The van der Waals surface area contributed by atoms with Crippen LogP contribution in [0.5, 0.6) is 0 Å². The van der Waals surface area contributed by atoms with Crippen molar-refractivity contribution in [1.82, 2.24) is 4.98 Å². The van der Waals surface area contributed by atoms with Crippen LogP contribution in [0.4, 0.5) is 11.5 Å². The standard InChI is InChI=1S/C11H16N4O3S2/c1-20(17,18)9-6-19-5-4-15(9)11-7(12)2-3-8(14-11)10(13)16/h2-3,9H,4-6,12H2,1H3,(H2,13,16). The monoisotopic (exact) mass is 316 g/mol. The highest BCUT2D eigenvalue weighted by molar-refractivity contribution is 8.01. The molecule has 20 heavy (non-hydrogen) atoms. The average molecular weight is 316 g/mol. The highest BCUT2D eigenvalue weighted by Crippen LogP contribution is 2.29. The summed E-state index contributed by atoms with van der Waals surface area (Å²) in [6.07, 6.45) is 1.19. The van der Waals surface area contributed by atoms with Gasteiger partial charge in [-0.25, -0.2) is 13.4 Å². The van der Waals surface area contributed by atoms with Crippen molar-refractivity contribution in [2.45, 2.75) is 5.37 Å². The molecule has 1 unspecified atom stereocenters. The summed E-state index contributed by atoms with van der Waals surface area (Å²) in [7, 11) is -3.28. The molecule has 0 bridgehead atoms. The number of carbonyl (C=O) groups is 1. The van der Waals surface area contributed by atoms with E-state index in [-0.39, 0.29) is 5.69 Å². The zero-order chi connectivity index (χ0) is 14.9. The molecule has 0 saturated carbocycles. The summed E-state index contributed by atoms with van der Waals surface area (Å²) in [6.45, 7) is 0.502. The van der Waals surface area contributed by atoms with Gasteiger partial charge in [0.25, 0.3) is 5.91 Å². The molecule has 1 saturated heterocycles. The smallest absolute Gasteiger partial charge is 0.267 e. The van der Waals surface area contributed by atoms with Crippen LogP contribution in [0.1, 0.15) is 10.5 Å². The van der Waals surface area contributed by atoms with Gasteiger partial charge < -0.3 is 16.4 Å². The molecule has 1 aliphatic heterocycles. The summed E-state index contributed by atoms with van der Waals surface area (Å²) >= 11 is 1.56. The van der Waals surface area contributed by atoms with Crippen molar-refractivity contribution in [2.24, 2.45) is 5.73 Å². The van der Waals surface area contributed by atoms with Gasteiger partial charge in [0.15, 0.2) is 15.7 Å². The molecule has 1 amide bonds. The van der Waals surface area contributed by atoms with Gasteiger partial charge in [0.05, 0.1) is 5.69 Å². The van der Waals surface area contributed by atoms with Crippen LogP contribution >= 0.6 is 11.8 Å². The number of nitrogens with two attached hydrogens (primary N) is 2. The summed E-state index contributed by atoms with van der Waals surface area (Å²) < 4.78 is 23.8. The van der Waals surface area contributed by atoms with E-state index in [0.717, 1.165) is 5.75 Å². The SMILES string of the molecule is CS(=O)(=O)C1CSCCN1c1nc(C(N)=O)ccc1N. The number of carbonyl (C=O) groups excluding carboxylic acids is 1. The van der Waals surface area contributed by atoms with Gasteiger partial charge >= 0.3 is 0 Å². The lowest BCUT2D eigenvalue weighted by molar-refractivity contribution is 0.0995. The number of nitrogen functional groups attached to an aromatic ring is 1. The van der Waals surface area contributed by atoms with Gasteiger partial charge in [0.1, 0.15) is 11.1 Å². The Bertz CT molecular complexity index is 633. The highest BCUT2D eigenvalue weighted by atomic mass is 32.2. The maximum Gasteiger partial charge on any atom is 0.267 e. The number of hydrogen-bond donors (Lipinski definition) is 2. The van der Waals surface area contributed by atoms with Crippen LogP contribution < -0.4 is 16.4 Å². The number of nitrogens with zero attached hydrogens (tertiary/aromatic N) is 2. The average Bonchev–Trinajstić information content (AvgIpc) is 2.38. The van der Waals surface area contributed by atoms with Gasteiger partial charge in [0, 0.05) is 24.3 Å². The quantitative estimate of drug-likeness (QED) is 0.784. The second kappa shape index (κ2) is 5.49. The van der Waals surface area contributed by atoms with E-state index in [1.165, 1.54) is 18.4 Å². The third-order valence-corrected chi connectivity index (χ3v) is 5.65. The van der Waals surface area contributed by atoms with E-state index in [2.05, 4.69) is 4.98 Å². The lowest BCUT2D eigenvalue weighted by Gasteiger charge is -2.35. The molecule has 0 aliphatic carbocycles. The summed E-state index contributed by atoms with van der Waals surface area (Å²) in [6, 6.07) is 2.94. The van der Waals surface area contributed by atoms with E-state index < -0.39 is 21.1 Å². The van der Waals surface area contributed by atoms with E-state index in [1.54, 1.807) is 16.7 Å². The third kappa shape index (κ3) is 2.98. The maximum absolute atomic E-state index is 11.9. The van der Waals surface area contributed by atoms with Crippen molar-refractivity contribution >= 4 is 39.0 Å². The normalized spacial score (nSPS) is 19.9. The van der Waals surface area contributed by atoms with Crippen molar-refractivity contribution in [2.75, 3.05) is 34.9 Å². The van der Waals surface area contributed by atoms with E-state index in [9.17, 15) is 13.2 Å². The van der Waals surface area contributed by atoms with E-state index in [0.29, 0.717) is 23.8 Å². The number of rotatable bonds is 3. The Morgan fingerprint density at radius 3 is 2.80 bits per heavy atom. The zero-order valence-electron chi connectivity index (χ0n) is 10.9. The van der Waals surface area contributed by atoms with Crippen molar-refractivity contribution in [3.8, 4) is 0 Å². The van der Waals surface area contributed by atoms with Crippen LogP contribution in [0.15, 0.2) is 12.1 Å². The van der Waals surface area contributed by atoms with Crippen LogP contribution in [0.25, 0.3) is 0 Å². The van der Waals surface area contributed by atoms with Crippen molar-refractivity contribution in [1.29, 1.82) is 0 Å². The number of primary amides is 1. The molecule has 0 aromatic carbocycles. The molecule has 2 heterocycles. The lowest BCUT2D eigenvalue weighted by Crippen LogP contribution is -2.47. The fraction of sp³-hybridized carbons (Fsp3) is 0.455. The summed E-state index contributed by atoms with van der Waals surface area (Å²) in [4.78, 5) is 16.9. The molecular formula is C11H16N4O3S2. The van der Waals surface area contributed by atoms with Crippen LogP contribution in [0.2, 0.25) is 0 Å². The lowest BCUT2D eigenvalue weighted by atomic mass is 10.3. The molecule has 4 N–H and O–H groups in total. The Balaban J connectivity index is 2.47. The first kappa shape index (κ1) is 14.9. The molecule has 7 nitrogen and oxygen atoms in total. The number of hydrogen-bond acceptors (Lipinski definition) is 7. The van der Waals surface area contributed by atoms with Crippen LogP contribution in [-0.4, -0.2) is 49.0 Å². The van der Waals surface area contributed by atoms with Gasteiger partial charge in [-0.15, -0.1) is 0 Å². The van der Waals surface area contributed by atoms with Gasteiger partial charge in [-0.2, -0.15) is 11.8 Å². The second-order valence-corrected chi connectivity index (χ2v) is 7.88. The summed E-state index contributed by atoms with van der Waals surface area (Å²) in [5.74, 6) is 0.847. The van der Waals surface area contributed by atoms with E-state index >= 15 is 0 Å². The van der Waals surface area contributed by atoms with E-state index in [1.807, 2.05) is 0 Å². The number of aromatic nitrogens is 1. The molecule has 1 aliphatic rings. The molecule has 110 valence electrons. The molecule has 0 radical (unpaired) electrons. The van der Waals surface area contributed by atoms with Crippen molar-refractivity contribution in [3.63, 3.8) is 0 Å². The largest absolute Gasteiger partial charge is 0.396 e. The predicted octanol–water partition coefficient (Wildman–Crippen LogP) is -0.313. The topological polar surface area (TPSA) is 119 Å². The first-order chi connectivity index (χ1) is 9.30. The first-order valence-corrected chi connectivity index (χ1v) is 9.01. The Morgan fingerprint density at radius 1 is 1.50 bits per heavy atom. The van der Waals surface area contributed by atoms with Gasteiger partial charge in [-0.3, -0.25) is 4.79 Å². The number of amides is 1. The first-order valence-electron chi connectivity index (χ1n) is 5.90. The van der Waals surface area contributed by atoms with E-state index in [4.69, 9.17) is 11.5 Å². The maximum atomic E-state index is 11.9. The number of pyridine rings is 1. The zero-order valence-corrected chi connectivity index (χ0v) is 12.6. The minimum absolute atomic E-state index is 0.0691. The second-order valence-electron chi connectivity index (χ2n) is 4.53. The minimum Gasteiger partial charge on any atom is -0.396 e. The van der Waals surface area contributed by atoms with Crippen molar-refractivity contribution < 1.29 is 13.2 Å². The van der Waals surface area contributed by atoms with Gasteiger partial charge in [0.2, 0.25) is 0 Å². The molecule has 2 rings (SSSR count). The number of thioether (sulfide) groups is 1. The molecule has 0 spiro atoms. The molecule has 1 fully saturated rings. The number of anilines is 2. The fourth-order valence-electron chi connectivity index (χ4n) is 2.00. The van der Waals surface area contributed by atoms with Crippen LogP contribution in [0.3, 0.4) is 0 Å². The highest BCUT2D eigenvalue weighted by Gasteiger charge is 2.33. The van der Waals surface area contributed by atoms with Gasteiger partial charge in [-0.05, 0) is 12.1 Å². The Kier molecular flexibility index (Phi) is 4.09. The summed E-state index contributed by atoms with van der Waals surface area (Å²) in [5, 5.41) is -0.695. The van der Waals surface area contributed by atoms with Crippen molar-refractivity contribution in [3.05, 3.63) is 17.8 Å². The Hall–Kier alpha value is -1.48. The summed E-state index contributed by atoms with van der Waals surface area (Å²) in [5.41, 5.74) is 11.5. The molecule has 1 aromatic heterocycles.